The highest BCUT2D eigenvalue weighted by molar-refractivity contribution is 5.91. The number of carbonyl (C=O) groups excluding carboxylic acids is 1. The molecule has 0 spiro atoms. The summed E-state index contributed by atoms with van der Waals surface area (Å²) in [5, 5.41) is 13.3. The van der Waals surface area contributed by atoms with Crippen LogP contribution in [0.1, 0.15) is 16.7 Å². The average molecular weight is 442 g/mol. The summed E-state index contributed by atoms with van der Waals surface area (Å²) in [6.07, 6.45) is 3.83. The fraction of sp³-hybridized carbons (Fsp3) is 0.148. The third kappa shape index (κ3) is 5.49. The SMILES string of the molecule is COc1ccc(-c2[nH]c3ccccc3c2CCNCc2ccc(/C=C/C(=O)NO)cc2)cc1. The van der Waals surface area contributed by atoms with Crippen molar-refractivity contribution in [3.8, 4) is 17.0 Å². The number of benzene rings is 3. The number of H-pyrrole nitrogens is 1. The minimum absolute atomic E-state index is 0.549. The quantitative estimate of drug-likeness (QED) is 0.131. The number of ether oxygens (including phenoxy) is 1. The Morgan fingerprint density at radius 1 is 1.03 bits per heavy atom. The van der Waals surface area contributed by atoms with Gasteiger partial charge < -0.3 is 15.0 Å². The molecule has 0 saturated heterocycles. The lowest BCUT2D eigenvalue weighted by Crippen LogP contribution is -2.16. The van der Waals surface area contributed by atoms with Crippen LogP contribution in [0.2, 0.25) is 0 Å². The zero-order valence-electron chi connectivity index (χ0n) is 18.5. The van der Waals surface area contributed by atoms with Gasteiger partial charge in [-0.05, 0) is 71.6 Å². The van der Waals surface area contributed by atoms with Gasteiger partial charge in [0.05, 0.1) is 7.11 Å². The van der Waals surface area contributed by atoms with Gasteiger partial charge in [-0.1, -0.05) is 42.5 Å². The number of methoxy groups -OCH3 is 1. The molecule has 0 unspecified atom stereocenters. The summed E-state index contributed by atoms with van der Waals surface area (Å²) < 4.78 is 5.30. The molecule has 0 aliphatic rings. The Labute approximate surface area is 192 Å². The molecule has 0 aliphatic carbocycles. The smallest absolute Gasteiger partial charge is 0.267 e. The summed E-state index contributed by atoms with van der Waals surface area (Å²) >= 11 is 0. The molecule has 1 amide bonds. The molecule has 1 aromatic heterocycles. The Balaban J connectivity index is 1.42. The minimum Gasteiger partial charge on any atom is -0.497 e. The second-order valence-corrected chi connectivity index (χ2v) is 7.73. The Morgan fingerprint density at radius 2 is 1.79 bits per heavy atom. The van der Waals surface area contributed by atoms with Crippen molar-refractivity contribution < 1.29 is 14.7 Å². The fourth-order valence-electron chi connectivity index (χ4n) is 3.87. The molecule has 0 radical (unpaired) electrons. The van der Waals surface area contributed by atoms with Gasteiger partial charge in [0.25, 0.3) is 5.91 Å². The normalized spacial score (nSPS) is 11.2. The molecular formula is C27H27N3O3. The van der Waals surface area contributed by atoms with Gasteiger partial charge in [-0.15, -0.1) is 0 Å². The number of nitrogens with one attached hydrogen (secondary N) is 3. The van der Waals surface area contributed by atoms with Crippen LogP contribution in [0.3, 0.4) is 0 Å². The predicted octanol–water partition coefficient (Wildman–Crippen LogP) is 4.69. The Hall–Kier alpha value is -3.87. The van der Waals surface area contributed by atoms with E-state index in [0.29, 0.717) is 0 Å². The van der Waals surface area contributed by atoms with Crippen molar-refractivity contribution >= 4 is 22.9 Å². The summed E-state index contributed by atoms with van der Waals surface area (Å²) in [5.74, 6) is 0.295. The maximum atomic E-state index is 11.1. The summed E-state index contributed by atoms with van der Waals surface area (Å²) in [7, 11) is 1.68. The molecule has 3 aromatic carbocycles. The Bertz CT molecular complexity index is 1240. The van der Waals surface area contributed by atoms with E-state index in [4.69, 9.17) is 9.94 Å². The lowest BCUT2D eigenvalue weighted by Gasteiger charge is -2.08. The zero-order chi connectivity index (χ0) is 23.0. The fourth-order valence-corrected chi connectivity index (χ4v) is 3.87. The van der Waals surface area contributed by atoms with Crippen LogP contribution >= 0.6 is 0 Å². The number of amides is 1. The number of hydroxylamine groups is 1. The van der Waals surface area contributed by atoms with Gasteiger partial charge >= 0.3 is 0 Å². The van der Waals surface area contributed by atoms with Crippen LogP contribution < -0.4 is 15.5 Å². The molecule has 4 N–H and O–H groups in total. The number of hydrogen-bond donors (Lipinski definition) is 4. The molecular weight excluding hydrogens is 414 g/mol. The van der Waals surface area contributed by atoms with Gasteiger partial charge in [0.15, 0.2) is 0 Å². The zero-order valence-corrected chi connectivity index (χ0v) is 18.5. The van der Waals surface area contributed by atoms with Gasteiger partial charge in [0.1, 0.15) is 5.75 Å². The molecule has 1 heterocycles. The van der Waals surface area contributed by atoms with E-state index in [9.17, 15) is 4.79 Å². The highest BCUT2D eigenvalue weighted by Gasteiger charge is 2.13. The molecule has 4 rings (SSSR count). The molecule has 4 aromatic rings. The van der Waals surface area contributed by atoms with Gasteiger partial charge in [-0.3, -0.25) is 10.0 Å². The first-order chi connectivity index (χ1) is 16.2. The highest BCUT2D eigenvalue weighted by atomic mass is 16.5. The third-order valence-corrected chi connectivity index (χ3v) is 5.59. The monoisotopic (exact) mass is 441 g/mol. The molecule has 0 saturated carbocycles. The number of carbonyl (C=O) groups is 1. The lowest BCUT2D eigenvalue weighted by molar-refractivity contribution is -0.124. The van der Waals surface area contributed by atoms with E-state index in [2.05, 4.69) is 40.6 Å². The average Bonchev–Trinajstić information content (AvgIpc) is 3.24. The molecule has 33 heavy (non-hydrogen) atoms. The molecule has 168 valence electrons. The van der Waals surface area contributed by atoms with Gasteiger partial charge in [0.2, 0.25) is 0 Å². The summed E-state index contributed by atoms with van der Waals surface area (Å²) in [6.45, 7) is 1.59. The van der Waals surface area contributed by atoms with Crippen molar-refractivity contribution in [3.05, 3.63) is 95.6 Å². The van der Waals surface area contributed by atoms with E-state index in [1.807, 2.05) is 42.5 Å². The first-order valence-electron chi connectivity index (χ1n) is 10.8. The van der Waals surface area contributed by atoms with Crippen LogP contribution in [0, 0.1) is 0 Å². The third-order valence-electron chi connectivity index (χ3n) is 5.59. The van der Waals surface area contributed by atoms with Crippen LogP contribution in [0.25, 0.3) is 28.2 Å². The minimum atomic E-state index is -0.549. The van der Waals surface area contributed by atoms with Crippen LogP contribution in [0.4, 0.5) is 0 Å². The van der Waals surface area contributed by atoms with Crippen molar-refractivity contribution in [3.63, 3.8) is 0 Å². The van der Waals surface area contributed by atoms with Crippen LogP contribution in [0.5, 0.6) is 5.75 Å². The number of fused-ring (bicyclic) bond motifs is 1. The molecule has 0 aliphatic heterocycles. The van der Waals surface area contributed by atoms with Crippen molar-refractivity contribution in [2.75, 3.05) is 13.7 Å². The van der Waals surface area contributed by atoms with Gasteiger partial charge in [-0.25, -0.2) is 5.48 Å². The molecule has 0 bridgehead atoms. The molecule has 0 fully saturated rings. The number of rotatable bonds is 9. The second-order valence-electron chi connectivity index (χ2n) is 7.73. The van der Waals surface area contributed by atoms with E-state index >= 15 is 0 Å². The summed E-state index contributed by atoms with van der Waals surface area (Å²) in [4.78, 5) is 14.7. The summed E-state index contributed by atoms with van der Waals surface area (Å²) in [5.41, 5.74) is 8.35. The summed E-state index contributed by atoms with van der Waals surface area (Å²) in [6, 6.07) is 24.5. The van der Waals surface area contributed by atoms with Crippen molar-refractivity contribution in [1.29, 1.82) is 0 Å². The first kappa shape index (κ1) is 22.3. The molecule has 0 atom stereocenters. The van der Waals surface area contributed by atoms with Crippen LogP contribution in [0.15, 0.2) is 78.9 Å². The number of para-hydroxylation sites is 1. The first-order valence-corrected chi connectivity index (χ1v) is 10.8. The Kier molecular flexibility index (Phi) is 7.19. The van der Waals surface area contributed by atoms with Crippen molar-refractivity contribution in [2.45, 2.75) is 13.0 Å². The number of aromatic nitrogens is 1. The van der Waals surface area contributed by atoms with E-state index in [0.717, 1.165) is 53.2 Å². The van der Waals surface area contributed by atoms with E-state index in [1.165, 1.54) is 17.0 Å². The van der Waals surface area contributed by atoms with E-state index < -0.39 is 5.91 Å². The van der Waals surface area contributed by atoms with Gasteiger partial charge in [-0.2, -0.15) is 0 Å². The largest absolute Gasteiger partial charge is 0.497 e. The highest BCUT2D eigenvalue weighted by Crippen LogP contribution is 2.31. The van der Waals surface area contributed by atoms with E-state index in [-0.39, 0.29) is 0 Å². The number of aromatic amines is 1. The second kappa shape index (κ2) is 10.6. The van der Waals surface area contributed by atoms with Gasteiger partial charge in [0, 0.05) is 29.2 Å². The lowest BCUT2D eigenvalue weighted by atomic mass is 10.0. The maximum Gasteiger partial charge on any atom is 0.267 e. The Morgan fingerprint density at radius 3 is 2.52 bits per heavy atom. The number of hydrogen-bond acceptors (Lipinski definition) is 4. The predicted molar refractivity (Wildman–Crippen MR) is 131 cm³/mol. The topological polar surface area (TPSA) is 86.4 Å². The molecule has 6 heteroatoms. The van der Waals surface area contributed by atoms with E-state index in [1.54, 1.807) is 18.7 Å². The maximum absolute atomic E-state index is 11.1. The molecule has 6 nitrogen and oxygen atoms in total. The van der Waals surface area contributed by atoms with Crippen LogP contribution in [-0.2, 0) is 17.8 Å². The standard InChI is InChI=1S/C27H27N3O3/c1-33-22-13-11-21(12-14-22)27-24(23-4-2-3-5-25(23)29-27)16-17-28-18-20-8-6-19(7-9-20)10-15-26(31)30-32/h2-15,28-29,32H,16-18H2,1H3,(H,30,31)/b15-10+. The van der Waals surface area contributed by atoms with Crippen LogP contribution in [-0.4, -0.2) is 29.8 Å². The van der Waals surface area contributed by atoms with Crippen molar-refractivity contribution in [2.24, 2.45) is 0 Å². The van der Waals surface area contributed by atoms with Crippen molar-refractivity contribution in [1.82, 2.24) is 15.8 Å².